The Morgan fingerprint density at radius 2 is 1.75 bits per heavy atom. The van der Waals surface area contributed by atoms with E-state index in [1.54, 1.807) is 22.9 Å². The maximum absolute atomic E-state index is 12.3. The molecular formula is C18H13ClN4O. The van der Waals surface area contributed by atoms with Crippen LogP contribution < -0.4 is 5.43 Å². The molecule has 2 heterocycles. The number of benzene rings is 2. The Bertz CT molecular complexity index is 929. The van der Waals surface area contributed by atoms with Crippen LogP contribution in [0.3, 0.4) is 0 Å². The van der Waals surface area contributed by atoms with Crippen LogP contribution in [0.15, 0.2) is 65.8 Å². The molecule has 1 amide bonds. The second kappa shape index (κ2) is 5.94. The van der Waals surface area contributed by atoms with E-state index >= 15 is 0 Å². The largest absolute Gasteiger partial charge is 0.289 e. The highest BCUT2D eigenvalue weighted by molar-refractivity contribution is 6.30. The first-order valence-electron chi connectivity index (χ1n) is 7.47. The predicted molar refractivity (Wildman–Crippen MR) is 93.1 cm³/mol. The molecular weight excluding hydrogens is 324 g/mol. The van der Waals surface area contributed by atoms with Crippen LogP contribution in [0.2, 0.25) is 5.02 Å². The average Bonchev–Trinajstić information content (AvgIpc) is 2.97. The summed E-state index contributed by atoms with van der Waals surface area (Å²) in [5.41, 5.74) is 6.42. The van der Waals surface area contributed by atoms with Crippen LogP contribution >= 0.6 is 11.6 Å². The van der Waals surface area contributed by atoms with Gasteiger partial charge < -0.3 is 0 Å². The first-order valence-corrected chi connectivity index (χ1v) is 7.84. The molecule has 4 rings (SSSR count). The third kappa shape index (κ3) is 2.70. The van der Waals surface area contributed by atoms with Crippen molar-refractivity contribution in [3.8, 4) is 11.3 Å². The Balaban J connectivity index is 1.73. The zero-order valence-corrected chi connectivity index (χ0v) is 13.4. The van der Waals surface area contributed by atoms with E-state index in [2.05, 4.69) is 15.6 Å². The lowest BCUT2D eigenvalue weighted by Crippen LogP contribution is -2.18. The molecule has 6 heteroatoms. The number of nitrogens with one attached hydrogen (secondary N) is 1. The van der Waals surface area contributed by atoms with Crippen molar-refractivity contribution >= 4 is 23.2 Å². The maximum atomic E-state index is 12.3. The van der Waals surface area contributed by atoms with Gasteiger partial charge >= 0.3 is 0 Å². The van der Waals surface area contributed by atoms with Gasteiger partial charge in [0.2, 0.25) is 0 Å². The summed E-state index contributed by atoms with van der Waals surface area (Å²) in [6.07, 6.45) is 0. The number of nitrogens with zero attached hydrogens (tertiary/aromatic N) is 3. The third-order valence-electron chi connectivity index (χ3n) is 3.85. The van der Waals surface area contributed by atoms with Gasteiger partial charge in [0.05, 0.1) is 18.0 Å². The van der Waals surface area contributed by atoms with Gasteiger partial charge in [0.1, 0.15) is 5.69 Å². The van der Waals surface area contributed by atoms with Crippen LogP contribution in [0.25, 0.3) is 11.3 Å². The Kier molecular flexibility index (Phi) is 3.63. The van der Waals surface area contributed by atoms with Crippen LogP contribution in [-0.2, 0) is 6.54 Å². The number of rotatable bonds is 2. The second-order valence-corrected chi connectivity index (χ2v) is 5.88. The van der Waals surface area contributed by atoms with E-state index in [4.69, 9.17) is 11.6 Å². The number of hydrazone groups is 1. The fourth-order valence-corrected chi connectivity index (χ4v) is 2.75. The summed E-state index contributed by atoms with van der Waals surface area (Å²) < 4.78 is 1.68. The standard InChI is InChI=1S/C18H13ClN4O/c19-14-8-6-13(7-9-14)15-10-17-18(24)21-20-16(11-23(17)22-15)12-4-2-1-3-5-12/h1-10H,11H2,(H,21,24). The minimum atomic E-state index is -0.270. The first-order chi connectivity index (χ1) is 11.7. The third-order valence-corrected chi connectivity index (χ3v) is 4.10. The van der Waals surface area contributed by atoms with Gasteiger partial charge in [-0.25, -0.2) is 5.43 Å². The number of carbonyl (C=O) groups is 1. The van der Waals surface area contributed by atoms with E-state index in [9.17, 15) is 4.79 Å². The molecule has 0 atom stereocenters. The fourth-order valence-electron chi connectivity index (χ4n) is 2.62. The Hall–Kier alpha value is -2.92. The first kappa shape index (κ1) is 14.7. The zero-order chi connectivity index (χ0) is 16.5. The fraction of sp³-hybridized carbons (Fsp3) is 0.0556. The van der Waals surface area contributed by atoms with Gasteiger partial charge in [0.25, 0.3) is 5.91 Å². The number of hydrogen-bond acceptors (Lipinski definition) is 3. The molecule has 0 aliphatic carbocycles. The summed E-state index contributed by atoms with van der Waals surface area (Å²) in [5, 5.41) is 9.45. The molecule has 1 aromatic heterocycles. The number of halogens is 1. The summed E-state index contributed by atoms with van der Waals surface area (Å²) in [4.78, 5) is 12.3. The molecule has 0 saturated carbocycles. The average molecular weight is 337 g/mol. The van der Waals surface area contributed by atoms with Crippen LogP contribution in [0.5, 0.6) is 0 Å². The lowest BCUT2D eigenvalue weighted by atomic mass is 10.1. The molecule has 0 unspecified atom stereocenters. The van der Waals surface area contributed by atoms with E-state index in [1.165, 1.54) is 0 Å². The molecule has 3 aromatic rings. The topological polar surface area (TPSA) is 59.3 Å². The summed E-state index contributed by atoms with van der Waals surface area (Å²) in [7, 11) is 0. The molecule has 0 bridgehead atoms. The number of fused-ring (bicyclic) bond motifs is 1. The van der Waals surface area contributed by atoms with Crippen molar-refractivity contribution in [2.75, 3.05) is 0 Å². The number of hydrogen-bond donors (Lipinski definition) is 1. The minimum absolute atomic E-state index is 0.270. The molecule has 0 fully saturated rings. The van der Waals surface area contributed by atoms with Crippen molar-refractivity contribution in [3.05, 3.63) is 76.9 Å². The Morgan fingerprint density at radius 3 is 2.50 bits per heavy atom. The lowest BCUT2D eigenvalue weighted by Gasteiger charge is -2.05. The summed E-state index contributed by atoms with van der Waals surface area (Å²) in [6, 6.07) is 18.9. The van der Waals surface area contributed by atoms with Gasteiger partial charge in [0.15, 0.2) is 0 Å². The van der Waals surface area contributed by atoms with Crippen LogP contribution in [0.4, 0.5) is 0 Å². The van der Waals surface area contributed by atoms with Crippen molar-refractivity contribution in [2.24, 2.45) is 5.10 Å². The minimum Gasteiger partial charge on any atom is -0.266 e. The lowest BCUT2D eigenvalue weighted by molar-refractivity contribution is 0.0947. The highest BCUT2D eigenvalue weighted by Gasteiger charge is 2.21. The van der Waals surface area contributed by atoms with E-state index in [0.717, 1.165) is 22.5 Å². The van der Waals surface area contributed by atoms with Gasteiger partial charge in [0, 0.05) is 10.6 Å². The number of aromatic nitrogens is 2. The zero-order valence-electron chi connectivity index (χ0n) is 12.6. The molecule has 0 spiro atoms. The van der Waals surface area contributed by atoms with E-state index in [0.29, 0.717) is 17.3 Å². The molecule has 2 aromatic carbocycles. The van der Waals surface area contributed by atoms with E-state index < -0.39 is 0 Å². The Morgan fingerprint density at radius 1 is 1.00 bits per heavy atom. The predicted octanol–water partition coefficient (Wildman–Crippen LogP) is 3.35. The maximum Gasteiger partial charge on any atom is 0.289 e. The van der Waals surface area contributed by atoms with Crippen molar-refractivity contribution in [1.82, 2.24) is 15.2 Å². The number of amides is 1. The molecule has 0 radical (unpaired) electrons. The van der Waals surface area contributed by atoms with Crippen LogP contribution in [-0.4, -0.2) is 21.4 Å². The van der Waals surface area contributed by atoms with Gasteiger partial charge in [-0.05, 0) is 23.8 Å². The number of carbonyl (C=O) groups excluding carboxylic acids is 1. The second-order valence-electron chi connectivity index (χ2n) is 5.44. The monoisotopic (exact) mass is 336 g/mol. The van der Waals surface area contributed by atoms with Crippen molar-refractivity contribution in [1.29, 1.82) is 0 Å². The highest BCUT2D eigenvalue weighted by Crippen LogP contribution is 2.22. The molecule has 5 nitrogen and oxygen atoms in total. The van der Waals surface area contributed by atoms with Crippen molar-refractivity contribution in [2.45, 2.75) is 6.54 Å². The van der Waals surface area contributed by atoms with Gasteiger partial charge in [-0.3, -0.25) is 9.48 Å². The van der Waals surface area contributed by atoms with Crippen molar-refractivity contribution < 1.29 is 4.79 Å². The quantitative estimate of drug-likeness (QED) is 0.780. The summed E-state index contributed by atoms with van der Waals surface area (Å²) in [5.74, 6) is -0.270. The van der Waals surface area contributed by atoms with Crippen LogP contribution in [0, 0.1) is 0 Å². The molecule has 1 N–H and O–H groups in total. The van der Waals surface area contributed by atoms with Gasteiger partial charge in [-0.15, -0.1) is 0 Å². The smallest absolute Gasteiger partial charge is 0.266 e. The molecule has 118 valence electrons. The molecule has 24 heavy (non-hydrogen) atoms. The summed E-state index contributed by atoms with van der Waals surface area (Å²) >= 11 is 5.93. The van der Waals surface area contributed by atoms with Gasteiger partial charge in [-0.2, -0.15) is 10.2 Å². The van der Waals surface area contributed by atoms with Crippen LogP contribution in [0.1, 0.15) is 16.1 Å². The molecule has 0 saturated heterocycles. The normalized spacial score (nSPS) is 13.7. The van der Waals surface area contributed by atoms with Gasteiger partial charge in [-0.1, -0.05) is 54.1 Å². The SMILES string of the molecule is O=C1NN=C(c2ccccc2)Cn2nc(-c3ccc(Cl)cc3)cc21. The van der Waals surface area contributed by atoms with E-state index in [1.807, 2.05) is 42.5 Å². The van der Waals surface area contributed by atoms with Crippen molar-refractivity contribution in [3.63, 3.8) is 0 Å². The summed E-state index contributed by atoms with van der Waals surface area (Å²) in [6.45, 7) is 0.422. The molecule has 1 aliphatic heterocycles. The molecule has 1 aliphatic rings. The Labute approximate surface area is 143 Å². The van der Waals surface area contributed by atoms with E-state index in [-0.39, 0.29) is 5.91 Å². The highest BCUT2D eigenvalue weighted by atomic mass is 35.5.